The zero-order valence-electron chi connectivity index (χ0n) is 10.6. The van der Waals surface area contributed by atoms with Crippen molar-refractivity contribution in [1.29, 1.82) is 0 Å². The molecule has 0 amide bonds. The second-order valence-corrected chi connectivity index (χ2v) is 5.10. The largest absolute Gasteiger partial charge is 0.338 e. The van der Waals surface area contributed by atoms with E-state index in [1.54, 1.807) is 0 Å². The van der Waals surface area contributed by atoms with Crippen molar-refractivity contribution in [3.63, 3.8) is 0 Å². The third kappa shape index (κ3) is 2.64. The first-order valence-corrected chi connectivity index (χ1v) is 6.42. The van der Waals surface area contributed by atoms with Crippen LogP contribution >= 0.6 is 0 Å². The number of hydrogen-bond acceptors (Lipinski definition) is 2. The van der Waals surface area contributed by atoms with Gasteiger partial charge in [-0.15, -0.1) is 0 Å². The molecule has 1 aromatic heterocycles. The lowest BCUT2D eigenvalue weighted by Crippen LogP contribution is -2.35. The highest BCUT2D eigenvalue weighted by molar-refractivity contribution is 5.00. The molecular weight excluding hydrogens is 198 g/mol. The van der Waals surface area contributed by atoms with Gasteiger partial charge in [-0.05, 0) is 31.2 Å². The minimum atomic E-state index is 0.621. The van der Waals surface area contributed by atoms with Crippen LogP contribution in [0.5, 0.6) is 0 Å². The molecule has 90 valence electrons. The zero-order valence-corrected chi connectivity index (χ0v) is 10.6. The Kier molecular flexibility index (Phi) is 3.64. The molecule has 0 spiro atoms. The molecule has 1 aromatic rings. The Morgan fingerprint density at radius 1 is 1.62 bits per heavy atom. The SMILES string of the molecule is CCCNC(Cc1nccn1C)C1CC1C. The van der Waals surface area contributed by atoms with E-state index in [-0.39, 0.29) is 0 Å². The number of nitrogens with zero attached hydrogens (tertiary/aromatic N) is 2. The fourth-order valence-electron chi connectivity index (χ4n) is 2.41. The maximum absolute atomic E-state index is 4.42. The summed E-state index contributed by atoms with van der Waals surface area (Å²) in [5.74, 6) is 2.96. The summed E-state index contributed by atoms with van der Waals surface area (Å²) >= 11 is 0. The van der Waals surface area contributed by atoms with Crippen molar-refractivity contribution in [2.45, 2.75) is 39.2 Å². The van der Waals surface area contributed by atoms with Crippen LogP contribution in [0.15, 0.2) is 12.4 Å². The van der Waals surface area contributed by atoms with E-state index in [2.05, 4.69) is 35.8 Å². The van der Waals surface area contributed by atoms with Crippen LogP contribution in [0.2, 0.25) is 0 Å². The van der Waals surface area contributed by atoms with E-state index >= 15 is 0 Å². The van der Waals surface area contributed by atoms with Gasteiger partial charge >= 0.3 is 0 Å². The van der Waals surface area contributed by atoms with Gasteiger partial charge in [0.05, 0.1) is 0 Å². The van der Waals surface area contributed by atoms with Crippen molar-refractivity contribution in [2.24, 2.45) is 18.9 Å². The standard InChI is InChI=1S/C13H23N3/c1-4-5-14-12(11-8-10(11)2)9-13-15-6-7-16(13)3/h6-7,10-12,14H,4-5,8-9H2,1-3H3. The average Bonchev–Trinajstić information content (AvgIpc) is 2.85. The van der Waals surface area contributed by atoms with Crippen LogP contribution in [0.3, 0.4) is 0 Å². The summed E-state index contributed by atoms with van der Waals surface area (Å²) in [6.07, 6.45) is 7.58. The second kappa shape index (κ2) is 5.00. The number of nitrogens with one attached hydrogen (secondary N) is 1. The van der Waals surface area contributed by atoms with Crippen molar-refractivity contribution in [1.82, 2.24) is 14.9 Å². The van der Waals surface area contributed by atoms with Crippen LogP contribution in [0, 0.1) is 11.8 Å². The Bertz CT molecular complexity index is 332. The van der Waals surface area contributed by atoms with Crippen LogP contribution < -0.4 is 5.32 Å². The Morgan fingerprint density at radius 2 is 2.38 bits per heavy atom. The monoisotopic (exact) mass is 221 g/mol. The maximum atomic E-state index is 4.42. The molecule has 16 heavy (non-hydrogen) atoms. The summed E-state index contributed by atoms with van der Waals surface area (Å²) in [5.41, 5.74) is 0. The van der Waals surface area contributed by atoms with E-state index in [0.717, 1.165) is 24.8 Å². The summed E-state index contributed by atoms with van der Waals surface area (Å²) in [6.45, 7) is 5.70. The fourth-order valence-corrected chi connectivity index (χ4v) is 2.41. The molecule has 0 aliphatic heterocycles. The van der Waals surface area contributed by atoms with Gasteiger partial charge in [0, 0.05) is 31.9 Å². The molecule has 0 radical (unpaired) electrons. The van der Waals surface area contributed by atoms with Gasteiger partial charge in [0.1, 0.15) is 5.82 Å². The predicted octanol–water partition coefficient (Wildman–Crippen LogP) is 1.99. The third-order valence-electron chi connectivity index (χ3n) is 3.67. The fraction of sp³-hybridized carbons (Fsp3) is 0.769. The van der Waals surface area contributed by atoms with Gasteiger partial charge in [-0.1, -0.05) is 13.8 Å². The van der Waals surface area contributed by atoms with Crippen molar-refractivity contribution in [3.8, 4) is 0 Å². The van der Waals surface area contributed by atoms with Crippen LogP contribution in [0.1, 0.15) is 32.5 Å². The molecule has 0 bridgehead atoms. The number of rotatable bonds is 6. The van der Waals surface area contributed by atoms with Gasteiger partial charge < -0.3 is 9.88 Å². The maximum Gasteiger partial charge on any atom is 0.109 e. The molecule has 1 fully saturated rings. The summed E-state index contributed by atoms with van der Waals surface area (Å²) in [7, 11) is 2.08. The van der Waals surface area contributed by atoms with Gasteiger partial charge in [-0.2, -0.15) is 0 Å². The van der Waals surface area contributed by atoms with Crippen LogP contribution in [-0.2, 0) is 13.5 Å². The highest BCUT2D eigenvalue weighted by Gasteiger charge is 2.39. The van der Waals surface area contributed by atoms with E-state index < -0.39 is 0 Å². The van der Waals surface area contributed by atoms with E-state index in [1.165, 1.54) is 18.7 Å². The smallest absolute Gasteiger partial charge is 0.109 e. The third-order valence-corrected chi connectivity index (χ3v) is 3.67. The summed E-state index contributed by atoms with van der Waals surface area (Å²) in [5, 5.41) is 3.67. The minimum absolute atomic E-state index is 0.621. The van der Waals surface area contributed by atoms with Gasteiger partial charge in [0.25, 0.3) is 0 Å². The van der Waals surface area contributed by atoms with Crippen molar-refractivity contribution in [3.05, 3.63) is 18.2 Å². The second-order valence-electron chi connectivity index (χ2n) is 5.10. The Morgan fingerprint density at radius 3 is 2.88 bits per heavy atom. The minimum Gasteiger partial charge on any atom is -0.338 e. The highest BCUT2D eigenvalue weighted by atomic mass is 15.0. The molecule has 1 saturated carbocycles. The summed E-state index contributed by atoms with van der Waals surface area (Å²) in [6, 6.07) is 0.621. The lowest BCUT2D eigenvalue weighted by atomic mass is 10.1. The highest BCUT2D eigenvalue weighted by Crippen LogP contribution is 2.41. The molecule has 3 atom stereocenters. The van der Waals surface area contributed by atoms with Crippen molar-refractivity contribution in [2.75, 3.05) is 6.54 Å². The number of aryl methyl sites for hydroxylation is 1. The predicted molar refractivity (Wildman–Crippen MR) is 66.3 cm³/mol. The lowest BCUT2D eigenvalue weighted by Gasteiger charge is -2.18. The van der Waals surface area contributed by atoms with E-state index in [1.807, 2.05) is 12.4 Å². The van der Waals surface area contributed by atoms with Gasteiger partial charge in [-0.3, -0.25) is 0 Å². The summed E-state index contributed by atoms with van der Waals surface area (Å²) in [4.78, 5) is 4.42. The van der Waals surface area contributed by atoms with E-state index in [0.29, 0.717) is 6.04 Å². The molecule has 1 heterocycles. The van der Waals surface area contributed by atoms with Crippen LogP contribution in [-0.4, -0.2) is 22.1 Å². The quantitative estimate of drug-likeness (QED) is 0.796. The lowest BCUT2D eigenvalue weighted by molar-refractivity contribution is 0.432. The van der Waals surface area contributed by atoms with Gasteiger partial charge in [0.2, 0.25) is 0 Å². The molecule has 1 aliphatic rings. The molecule has 0 aromatic carbocycles. The molecule has 0 saturated heterocycles. The Balaban J connectivity index is 1.94. The molecule has 3 nitrogen and oxygen atoms in total. The first-order chi connectivity index (χ1) is 7.72. The zero-order chi connectivity index (χ0) is 11.5. The topological polar surface area (TPSA) is 29.9 Å². The molecule has 3 heteroatoms. The Labute approximate surface area is 98.3 Å². The number of imidazole rings is 1. The van der Waals surface area contributed by atoms with E-state index in [9.17, 15) is 0 Å². The normalized spacial score (nSPS) is 25.7. The average molecular weight is 221 g/mol. The van der Waals surface area contributed by atoms with E-state index in [4.69, 9.17) is 0 Å². The van der Waals surface area contributed by atoms with Crippen molar-refractivity contribution >= 4 is 0 Å². The van der Waals surface area contributed by atoms with Gasteiger partial charge in [0.15, 0.2) is 0 Å². The van der Waals surface area contributed by atoms with Gasteiger partial charge in [-0.25, -0.2) is 4.98 Å². The van der Waals surface area contributed by atoms with Crippen LogP contribution in [0.4, 0.5) is 0 Å². The summed E-state index contributed by atoms with van der Waals surface area (Å²) < 4.78 is 2.13. The molecule has 3 unspecified atom stereocenters. The van der Waals surface area contributed by atoms with Crippen LogP contribution in [0.25, 0.3) is 0 Å². The molecule has 2 rings (SSSR count). The molecule has 1 aliphatic carbocycles. The Hall–Kier alpha value is -0.830. The molecule has 1 N–H and O–H groups in total. The number of aromatic nitrogens is 2. The van der Waals surface area contributed by atoms with Crippen molar-refractivity contribution < 1.29 is 0 Å². The molecular formula is C13H23N3. The first-order valence-electron chi connectivity index (χ1n) is 6.42. The number of hydrogen-bond donors (Lipinski definition) is 1. The first kappa shape index (κ1) is 11.6.